The van der Waals surface area contributed by atoms with E-state index in [1.807, 2.05) is 72.8 Å². The monoisotopic (exact) mass is 774 g/mol. The fraction of sp³-hybridized carbons (Fsp3) is 0. The zero-order valence-corrected chi connectivity index (χ0v) is 32.0. The van der Waals surface area contributed by atoms with E-state index in [1.54, 1.807) is 0 Å². The molecule has 1 aliphatic rings. The van der Waals surface area contributed by atoms with Crippen LogP contribution in [0.25, 0.3) is 0 Å². The molecule has 8 aromatic carbocycles. The summed E-state index contributed by atoms with van der Waals surface area (Å²) in [6.07, 6.45) is 0. The molecule has 0 aromatic heterocycles. The van der Waals surface area contributed by atoms with Gasteiger partial charge in [-0.1, -0.05) is 0 Å². The molecule has 1 heterocycles. The van der Waals surface area contributed by atoms with E-state index in [2.05, 4.69) is 155 Å². The van der Waals surface area contributed by atoms with Gasteiger partial charge in [0.25, 0.3) is 0 Å². The molecule has 1 aliphatic heterocycles. The third-order valence-electron chi connectivity index (χ3n) is 9.54. The number of hydrogen-bond acceptors (Lipinski definition) is 6. The van der Waals surface area contributed by atoms with Crippen LogP contribution in [0, 0.1) is 0 Å². The second-order valence-electron chi connectivity index (χ2n) is 13.1. The number of para-hydroxylation sites is 4. The number of hydrogen-bond donors (Lipinski definition) is 0. The van der Waals surface area contributed by atoms with Crippen molar-refractivity contribution in [3.05, 3.63) is 218 Å². The fourth-order valence-electron chi connectivity index (χ4n) is 6.97. The van der Waals surface area contributed by atoms with Gasteiger partial charge in [-0.05, 0) is 0 Å². The van der Waals surface area contributed by atoms with Crippen LogP contribution in [-0.4, -0.2) is 13.9 Å². The Morgan fingerprint density at radius 1 is 0.309 bits per heavy atom. The van der Waals surface area contributed by atoms with Gasteiger partial charge < -0.3 is 0 Å². The van der Waals surface area contributed by atoms with Gasteiger partial charge >= 0.3 is 326 Å². The molecule has 265 valence electrons. The zero-order valence-electron chi connectivity index (χ0n) is 29.9. The Bertz CT molecular complexity index is 2280. The third kappa shape index (κ3) is 6.87. The molecule has 55 heavy (non-hydrogen) atoms. The van der Waals surface area contributed by atoms with Crippen LogP contribution in [0.3, 0.4) is 0 Å². The molecule has 0 spiro atoms. The first kappa shape index (κ1) is 33.9. The van der Waals surface area contributed by atoms with E-state index in [9.17, 15) is 0 Å². The number of rotatable bonds is 8. The summed E-state index contributed by atoms with van der Waals surface area (Å²) < 4.78 is 17.1. The Morgan fingerprint density at radius 2 is 0.600 bits per heavy atom. The van der Waals surface area contributed by atoms with Crippen LogP contribution in [0.4, 0.5) is 45.5 Å². The SMILES string of the molecule is c1ccc(N(c2ccccc2)c2ccc3c(c2)[O][Ge-]([c]2ccccc2)([c]2ccccc2)[O]c2cc(N(c4ccccc4)c4ccccc4)ccc2N=N3)cc1. The van der Waals surface area contributed by atoms with Gasteiger partial charge in [0, 0.05) is 0 Å². The predicted octanol–water partition coefficient (Wildman–Crippen LogP) is 12.1. The Labute approximate surface area is 324 Å². The third-order valence-corrected chi connectivity index (χ3v) is 16.3. The Hall–Kier alpha value is -6.90. The van der Waals surface area contributed by atoms with Gasteiger partial charge in [-0.2, -0.15) is 0 Å². The minimum absolute atomic E-state index is 0.592. The van der Waals surface area contributed by atoms with Crippen LogP contribution in [0.1, 0.15) is 0 Å². The van der Waals surface area contributed by atoms with E-state index in [-0.39, 0.29) is 0 Å². The van der Waals surface area contributed by atoms with Gasteiger partial charge in [0.15, 0.2) is 0 Å². The second-order valence-corrected chi connectivity index (χ2v) is 18.9. The summed E-state index contributed by atoms with van der Waals surface area (Å²) in [6.45, 7) is 0. The maximum atomic E-state index is 7.54. The van der Waals surface area contributed by atoms with Crippen molar-refractivity contribution in [2.45, 2.75) is 0 Å². The minimum atomic E-state index is -4.41. The molecule has 6 nitrogen and oxygen atoms in total. The molecule has 7 heteroatoms. The van der Waals surface area contributed by atoms with Crippen LogP contribution in [0.5, 0.6) is 11.5 Å². The number of nitrogens with zero attached hydrogens (tertiary/aromatic N) is 4. The van der Waals surface area contributed by atoms with Gasteiger partial charge in [-0.15, -0.1) is 0 Å². The Morgan fingerprint density at radius 3 is 0.909 bits per heavy atom. The van der Waals surface area contributed by atoms with Crippen molar-refractivity contribution in [1.82, 2.24) is 0 Å². The first-order valence-corrected chi connectivity index (χ1v) is 22.1. The molecule has 0 saturated carbocycles. The summed E-state index contributed by atoms with van der Waals surface area (Å²) in [4.78, 5) is 4.44. The first-order chi connectivity index (χ1) is 27.2. The maximum absolute atomic E-state index is 7.54. The van der Waals surface area contributed by atoms with Gasteiger partial charge in [-0.3, -0.25) is 0 Å². The molecule has 0 N–H and O–H groups in total. The van der Waals surface area contributed by atoms with Crippen molar-refractivity contribution in [3.63, 3.8) is 0 Å². The molecule has 0 aliphatic carbocycles. The molecule has 8 aromatic rings. The van der Waals surface area contributed by atoms with E-state index in [0.29, 0.717) is 22.9 Å². The van der Waals surface area contributed by atoms with Gasteiger partial charge in [0.1, 0.15) is 0 Å². The summed E-state index contributed by atoms with van der Waals surface area (Å²) >= 11 is -4.41. The molecule has 0 radical (unpaired) electrons. The molecule has 0 amide bonds. The number of fused-ring (bicyclic) bond motifs is 2. The zero-order chi connectivity index (χ0) is 36.9. The molecule has 0 unspecified atom stereocenters. The van der Waals surface area contributed by atoms with E-state index < -0.39 is 13.9 Å². The van der Waals surface area contributed by atoms with Crippen molar-refractivity contribution in [2.24, 2.45) is 10.2 Å². The molecule has 0 bridgehead atoms. The summed E-state index contributed by atoms with van der Waals surface area (Å²) in [5, 5.41) is 9.71. The molecule has 9 rings (SSSR count). The van der Waals surface area contributed by atoms with Gasteiger partial charge in [0.05, 0.1) is 0 Å². The van der Waals surface area contributed by atoms with Crippen molar-refractivity contribution in [3.8, 4) is 11.5 Å². The Balaban J connectivity index is 1.25. The van der Waals surface area contributed by atoms with E-state index in [4.69, 9.17) is 17.8 Å². The predicted molar refractivity (Wildman–Crippen MR) is 226 cm³/mol. The average Bonchev–Trinajstić information content (AvgIpc) is 3.33. The van der Waals surface area contributed by atoms with E-state index in [1.165, 1.54) is 0 Å². The van der Waals surface area contributed by atoms with Crippen LogP contribution in [0.2, 0.25) is 0 Å². The molecular formula is C48H36GeN4O2-. The summed E-state index contributed by atoms with van der Waals surface area (Å²) in [5.74, 6) is 1.18. The Kier molecular flexibility index (Phi) is 9.38. The van der Waals surface area contributed by atoms with Crippen LogP contribution < -0.4 is 26.1 Å². The van der Waals surface area contributed by atoms with Crippen molar-refractivity contribution < 1.29 is 7.53 Å². The molecular weight excluding hydrogens is 737 g/mol. The van der Waals surface area contributed by atoms with Crippen molar-refractivity contribution in [1.29, 1.82) is 0 Å². The topological polar surface area (TPSA) is 49.7 Å². The normalized spacial score (nSPS) is 12.7. The van der Waals surface area contributed by atoms with Crippen molar-refractivity contribution in [2.75, 3.05) is 9.80 Å². The van der Waals surface area contributed by atoms with Gasteiger partial charge in [0.2, 0.25) is 0 Å². The van der Waals surface area contributed by atoms with Crippen LogP contribution in [0.15, 0.2) is 229 Å². The van der Waals surface area contributed by atoms with Gasteiger partial charge in [-0.25, -0.2) is 0 Å². The summed E-state index contributed by atoms with van der Waals surface area (Å²) in [6, 6.07) is 74.4. The number of azo groups is 1. The van der Waals surface area contributed by atoms with E-state index in [0.717, 1.165) is 42.9 Å². The van der Waals surface area contributed by atoms with Crippen LogP contribution in [-0.2, 0) is 0 Å². The van der Waals surface area contributed by atoms with Crippen molar-refractivity contribution >= 4 is 68.2 Å². The standard InChI is InChI=1S/C48H36GeN4O2/c1-7-19-37(20-8-1)49(38-21-9-2-10-22-38)54-47-35-43(52(39-23-11-3-12-24-39)40-25-13-4-14-26-40)31-33-45(47)50-51-46-34-32-44(36-48(46)55-49)53(41-27-15-5-16-28-41)42-29-17-6-18-30-42/h1-36H/q-1. The second kappa shape index (κ2) is 15.2. The molecule has 0 fully saturated rings. The molecule has 0 atom stereocenters. The number of benzene rings is 8. The average molecular weight is 773 g/mol. The fourth-order valence-corrected chi connectivity index (χ4v) is 13.4. The van der Waals surface area contributed by atoms with E-state index >= 15 is 0 Å². The number of anilines is 6. The summed E-state index contributed by atoms with van der Waals surface area (Å²) in [7, 11) is 0. The van der Waals surface area contributed by atoms with Crippen LogP contribution >= 0.6 is 0 Å². The summed E-state index contributed by atoms with van der Waals surface area (Å²) in [5.41, 5.74) is 7.16. The first-order valence-electron chi connectivity index (χ1n) is 18.2. The quantitative estimate of drug-likeness (QED) is 0.144. The molecule has 0 saturated heterocycles.